The fourth-order valence-corrected chi connectivity index (χ4v) is 4.23. The second-order valence-electron chi connectivity index (χ2n) is 6.67. The number of halogens is 2. The maximum atomic E-state index is 9.83. The van der Waals surface area contributed by atoms with Gasteiger partial charge < -0.3 is 15.3 Å². The Labute approximate surface area is 190 Å². The molecule has 0 bridgehead atoms. The number of phenolic OH excluding ortho intramolecular Hbond substituents is 1. The molecule has 0 aliphatic carbocycles. The van der Waals surface area contributed by atoms with Crippen LogP contribution < -0.4 is 15.6 Å². The molecule has 4 rings (SSSR count). The van der Waals surface area contributed by atoms with Crippen molar-refractivity contribution < 1.29 is 5.11 Å². The van der Waals surface area contributed by atoms with Gasteiger partial charge >= 0.3 is 0 Å². The molecule has 154 valence electrons. The molecule has 0 radical (unpaired) electrons. The lowest BCUT2D eigenvalue weighted by Crippen LogP contribution is -2.21. The van der Waals surface area contributed by atoms with Crippen LogP contribution in [0.1, 0.15) is 18.4 Å². The molecular weight excluding hydrogens is 514 g/mol. The van der Waals surface area contributed by atoms with Crippen molar-refractivity contribution in [2.24, 2.45) is 5.10 Å². The standard InChI is InChI=1S/C20H19Br2N7O/c21-15-10-13(11-16(22)17(15)30)12-23-28-19-25-18(24-14-6-2-1-3-7-14)26-20(27-19)29-8-4-5-9-29/h1-3,6-7,10-12,30H,4-5,8-9H2,(H2,24,25,26,27,28)/b23-12-. The molecule has 10 heteroatoms. The summed E-state index contributed by atoms with van der Waals surface area (Å²) in [6.07, 6.45) is 3.87. The number of rotatable bonds is 6. The molecule has 2 heterocycles. The van der Waals surface area contributed by atoms with Gasteiger partial charge in [0.15, 0.2) is 0 Å². The molecule has 30 heavy (non-hydrogen) atoms. The zero-order chi connectivity index (χ0) is 20.9. The molecule has 1 saturated heterocycles. The number of aromatic nitrogens is 3. The summed E-state index contributed by atoms with van der Waals surface area (Å²) in [5.74, 6) is 1.56. The summed E-state index contributed by atoms with van der Waals surface area (Å²) in [4.78, 5) is 15.7. The summed E-state index contributed by atoms with van der Waals surface area (Å²) in [6.45, 7) is 1.85. The van der Waals surface area contributed by atoms with Crippen molar-refractivity contribution >= 4 is 61.6 Å². The lowest BCUT2D eigenvalue weighted by Gasteiger charge is -2.16. The first kappa shape index (κ1) is 20.5. The minimum atomic E-state index is 0.143. The third kappa shape index (κ3) is 5.06. The minimum Gasteiger partial charge on any atom is -0.506 e. The first-order valence-corrected chi connectivity index (χ1v) is 11.0. The van der Waals surface area contributed by atoms with Crippen molar-refractivity contribution in [3.63, 3.8) is 0 Å². The zero-order valence-corrected chi connectivity index (χ0v) is 19.1. The third-order valence-corrected chi connectivity index (χ3v) is 5.67. The van der Waals surface area contributed by atoms with E-state index in [1.54, 1.807) is 18.3 Å². The van der Waals surface area contributed by atoms with E-state index in [0.717, 1.165) is 37.2 Å². The predicted molar refractivity (Wildman–Crippen MR) is 126 cm³/mol. The number of hydrogen-bond donors (Lipinski definition) is 3. The molecule has 3 N–H and O–H groups in total. The van der Waals surface area contributed by atoms with E-state index in [9.17, 15) is 5.11 Å². The molecule has 0 atom stereocenters. The maximum Gasteiger partial charge on any atom is 0.250 e. The van der Waals surface area contributed by atoms with Gasteiger partial charge in [-0.1, -0.05) is 18.2 Å². The second kappa shape index (κ2) is 9.40. The van der Waals surface area contributed by atoms with E-state index in [4.69, 9.17) is 0 Å². The van der Waals surface area contributed by atoms with Crippen LogP contribution in [0.5, 0.6) is 5.75 Å². The van der Waals surface area contributed by atoms with E-state index in [1.165, 1.54) is 0 Å². The molecule has 1 fully saturated rings. The Kier molecular flexibility index (Phi) is 6.44. The number of aromatic hydroxyl groups is 1. The third-order valence-electron chi connectivity index (χ3n) is 4.46. The Morgan fingerprint density at radius 1 is 0.967 bits per heavy atom. The van der Waals surface area contributed by atoms with Crippen LogP contribution in [0.2, 0.25) is 0 Å². The highest BCUT2D eigenvalue weighted by Crippen LogP contribution is 2.32. The van der Waals surface area contributed by atoms with E-state index in [1.807, 2.05) is 30.3 Å². The number of para-hydroxylation sites is 1. The van der Waals surface area contributed by atoms with E-state index < -0.39 is 0 Å². The van der Waals surface area contributed by atoms with Crippen LogP contribution in [0.25, 0.3) is 0 Å². The predicted octanol–water partition coefficient (Wildman–Crippen LogP) is 4.89. The first-order chi connectivity index (χ1) is 14.6. The summed E-state index contributed by atoms with van der Waals surface area (Å²) in [6, 6.07) is 13.3. The van der Waals surface area contributed by atoms with Crippen LogP contribution in [-0.4, -0.2) is 39.4 Å². The van der Waals surface area contributed by atoms with Gasteiger partial charge in [0.1, 0.15) is 5.75 Å². The number of benzene rings is 2. The van der Waals surface area contributed by atoms with Gasteiger partial charge in [0.2, 0.25) is 17.8 Å². The largest absolute Gasteiger partial charge is 0.506 e. The van der Waals surface area contributed by atoms with Gasteiger partial charge in [-0.2, -0.15) is 20.1 Å². The van der Waals surface area contributed by atoms with Crippen LogP contribution in [0.4, 0.5) is 23.5 Å². The average molecular weight is 533 g/mol. The Hall–Kier alpha value is -2.72. The average Bonchev–Trinajstić information content (AvgIpc) is 3.28. The molecule has 0 spiro atoms. The van der Waals surface area contributed by atoms with E-state index in [-0.39, 0.29) is 5.75 Å². The van der Waals surface area contributed by atoms with Crippen molar-refractivity contribution in [2.45, 2.75) is 12.8 Å². The van der Waals surface area contributed by atoms with Crippen LogP contribution in [-0.2, 0) is 0 Å². The van der Waals surface area contributed by atoms with Crippen LogP contribution in [0.3, 0.4) is 0 Å². The van der Waals surface area contributed by atoms with Crippen molar-refractivity contribution in [1.82, 2.24) is 15.0 Å². The number of hydrogen-bond acceptors (Lipinski definition) is 8. The lowest BCUT2D eigenvalue weighted by molar-refractivity contribution is 0.468. The minimum absolute atomic E-state index is 0.143. The fraction of sp³-hybridized carbons (Fsp3) is 0.200. The summed E-state index contributed by atoms with van der Waals surface area (Å²) in [5.41, 5.74) is 4.56. The highest BCUT2D eigenvalue weighted by Gasteiger charge is 2.17. The SMILES string of the molecule is Oc1c(Br)cc(/C=N\Nc2nc(Nc3ccccc3)nc(N3CCCC3)n2)cc1Br. The molecular formula is C20H19Br2N7O. The molecule has 0 amide bonds. The number of hydrazone groups is 1. The number of anilines is 4. The quantitative estimate of drug-likeness (QED) is 0.307. The van der Waals surface area contributed by atoms with Crippen LogP contribution >= 0.6 is 31.9 Å². The van der Waals surface area contributed by atoms with Crippen molar-refractivity contribution in [2.75, 3.05) is 28.7 Å². The second-order valence-corrected chi connectivity index (χ2v) is 8.38. The highest BCUT2D eigenvalue weighted by molar-refractivity contribution is 9.11. The van der Waals surface area contributed by atoms with Gasteiger partial charge in [-0.3, -0.25) is 0 Å². The first-order valence-electron chi connectivity index (χ1n) is 9.39. The molecule has 8 nitrogen and oxygen atoms in total. The molecule has 2 aromatic carbocycles. The van der Waals surface area contributed by atoms with E-state index >= 15 is 0 Å². The molecule has 0 saturated carbocycles. The summed E-state index contributed by atoms with van der Waals surface area (Å²) < 4.78 is 1.15. The Morgan fingerprint density at radius 3 is 2.33 bits per heavy atom. The van der Waals surface area contributed by atoms with E-state index in [0.29, 0.717) is 26.8 Å². The normalized spacial score (nSPS) is 13.7. The molecule has 1 aliphatic rings. The van der Waals surface area contributed by atoms with Gasteiger partial charge in [-0.15, -0.1) is 0 Å². The number of phenols is 1. The monoisotopic (exact) mass is 531 g/mol. The molecule has 1 aliphatic heterocycles. The topological polar surface area (TPSA) is 98.6 Å². The van der Waals surface area contributed by atoms with Gasteiger partial charge in [0.05, 0.1) is 15.2 Å². The van der Waals surface area contributed by atoms with Gasteiger partial charge in [0, 0.05) is 18.8 Å². The maximum absolute atomic E-state index is 9.83. The van der Waals surface area contributed by atoms with Crippen molar-refractivity contribution in [3.05, 3.63) is 57.0 Å². The summed E-state index contributed by atoms with van der Waals surface area (Å²) in [7, 11) is 0. The van der Waals surface area contributed by atoms with Crippen molar-refractivity contribution in [3.8, 4) is 5.75 Å². The fourth-order valence-electron chi connectivity index (χ4n) is 3.00. The molecule has 0 unspecified atom stereocenters. The summed E-state index contributed by atoms with van der Waals surface area (Å²) >= 11 is 6.63. The van der Waals surface area contributed by atoms with Gasteiger partial charge in [-0.25, -0.2) is 5.43 Å². The molecule has 3 aromatic rings. The van der Waals surface area contributed by atoms with Crippen LogP contribution in [0.15, 0.2) is 56.5 Å². The lowest BCUT2D eigenvalue weighted by atomic mass is 10.2. The van der Waals surface area contributed by atoms with Gasteiger partial charge in [-0.05, 0) is 74.5 Å². The number of nitrogens with one attached hydrogen (secondary N) is 2. The van der Waals surface area contributed by atoms with Gasteiger partial charge in [0.25, 0.3) is 0 Å². The van der Waals surface area contributed by atoms with Crippen molar-refractivity contribution in [1.29, 1.82) is 0 Å². The van der Waals surface area contributed by atoms with Crippen LogP contribution in [0, 0.1) is 0 Å². The number of nitrogens with zero attached hydrogens (tertiary/aromatic N) is 5. The summed E-state index contributed by atoms with van der Waals surface area (Å²) in [5, 5.41) is 17.3. The van der Waals surface area contributed by atoms with E-state index in [2.05, 4.69) is 67.6 Å². The smallest absolute Gasteiger partial charge is 0.250 e. The Morgan fingerprint density at radius 2 is 1.63 bits per heavy atom. The molecule has 1 aromatic heterocycles. The Balaban J connectivity index is 1.56. The zero-order valence-electron chi connectivity index (χ0n) is 15.9. The highest BCUT2D eigenvalue weighted by atomic mass is 79.9. The Bertz CT molecular complexity index is 1030.